The van der Waals surface area contributed by atoms with Crippen molar-refractivity contribution in [1.82, 2.24) is 10.6 Å². The summed E-state index contributed by atoms with van der Waals surface area (Å²) in [6.07, 6.45) is 0.624. The van der Waals surface area contributed by atoms with Crippen LogP contribution in [0.25, 0.3) is 0 Å². The molecular formula is C17H21N3O3. The number of carbonyl (C=O) groups excluding carboxylic acids is 2. The van der Waals surface area contributed by atoms with Gasteiger partial charge in [0.25, 0.3) is 0 Å². The van der Waals surface area contributed by atoms with Gasteiger partial charge in [-0.1, -0.05) is 12.1 Å². The van der Waals surface area contributed by atoms with Gasteiger partial charge in [-0.25, -0.2) is 4.79 Å². The lowest BCUT2D eigenvalue weighted by Gasteiger charge is -2.16. The molecule has 1 aromatic rings. The summed E-state index contributed by atoms with van der Waals surface area (Å²) in [6, 6.07) is 8.27. The Balaban J connectivity index is 1.44. The largest absolute Gasteiger partial charge is 0.442 e. The van der Waals surface area contributed by atoms with Crippen molar-refractivity contribution in [3.8, 4) is 0 Å². The number of nitrogens with zero attached hydrogens (tertiary/aromatic N) is 1. The van der Waals surface area contributed by atoms with Gasteiger partial charge in [-0.05, 0) is 36.6 Å². The maximum atomic E-state index is 12.0. The molecule has 2 amide bonds. The summed E-state index contributed by atoms with van der Waals surface area (Å²) in [5.74, 6) is 0.652. The van der Waals surface area contributed by atoms with Crippen LogP contribution in [0.2, 0.25) is 0 Å². The third kappa shape index (κ3) is 2.47. The molecule has 1 aliphatic carbocycles. The molecular weight excluding hydrogens is 294 g/mol. The molecule has 6 heteroatoms. The fraction of sp³-hybridized carbons (Fsp3) is 0.529. The molecule has 2 heterocycles. The van der Waals surface area contributed by atoms with Crippen LogP contribution in [0.15, 0.2) is 24.3 Å². The normalized spacial score (nSPS) is 31.7. The third-order valence-corrected chi connectivity index (χ3v) is 5.27. The molecule has 3 fully saturated rings. The van der Waals surface area contributed by atoms with Crippen LogP contribution in [0.1, 0.15) is 18.9 Å². The van der Waals surface area contributed by atoms with E-state index in [4.69, 9.17) is 4.74 Å². The summed E-state index contributed by atoms with van der Waals surface area (Å²) in [4.78, 5) is 24.6. The Kier molecular flexibility index (Phi) is 3.30. The number of rotatable bonds is 4. The highest BCUT2D eigenvalue weighted by molar-refractivity contribution is 5.89. The van der Waals surface area contributed by atoms with Gasteiger partial charge in [0, 0.05) is 24.6 Å². The average Bonchev–Trinajstić information content (AvgIpc) is 2.90. The molecule has 6 nitrogen and oxygen atoms in total. The van der Waals surface area contributed by atoms with E-state index < -0.39 is 0 Å². The molecule has 0 radical (unpaired) electrons. The fourth-order valence-electron chi connectivity index (χ4n) is 3.86. The van der Waals surface area contributed by atoms with Crippen molar-refractivity contribution >= 4 is 17.7 Å². The predicted octanol–water partition coefficient (Wildman–Crippen LogP) is 1.01. The van der Waals surface area contributed by atoms with E-state index in [9.17, 15) is 9.59 Å². The fourth-order valence-corrected chi connectivity index (χ4v) is 3.86. The summed E-state index contributed by atoms with van der Waals surface area (Å²) in [6.45, 7) is 4.45. The summed E-state index contributed by atoms with van der Waals surface area (Å²) < 4.78 is 5.30. The Morgan fingerprint density at radius 3 is 2.83 bits per heavy atom. The number of ether oxygens (including phenoxy) is 1. The SMILES string of the molecule is CC(=O)NC[C@H]1CN(c2ccc([C@]34CNC[C@@H]3C4)cc2)C(=O)O1. The van der Waals surface area contributed by atoms with Gasteiger partial charge in [-0.15, -0.1) is 0 Å². The smallest absolute Gasteiger partial charge is 0.414 e. The van der Waals surface area contributed by atoms with E-state index in [2.05, 4.69) is 22.8 Å². The highest BCUT2D eigenvalue weighted by atomic mass is 16.6. The first kappa shape index (κ1) is 14.5. The van der Waals surface area contributed by atoms with E-state index in [1.165, 1.54) is 18.9 Å². The van der Waals surface area contributed by atoms with Gasteiger partial charge in [0.2, 0.25) is 5.91 Å². The summed E-state index contributed by atoms with van der Waals surface area (Å²) in [5, 5.41) is 6.13. The van der Waals surface area contributed by atoms with Gasteiger partial charge in [-0.3, -0.25) is 9.69 Å². The maximum Gasteiger partial charge on any atom is 0.414 e. The summed E-state index contributed by atoms with van der Waals surface area (Å²) in [5.41, 5.74) is 2.54. The zero-order valence-electron chi connectivity index (χ0n) is 13.2. The Morgan fingerprint density at radius 1 is 1.43 bits per heavy atom. The zero-order valence-corrected chi connectivity index (χ0v) is 13.2. The molecule has 0 unspecified atom stereocenters. The second-order valence-corrected chi connectivity index (χ2v) is 6.79. The van der Waals surface area contributed by atoms with Gasteiger partial charge in [0.05, 0.1) is 13.1 Å². The van der Waals surface area contributed by atoms with Crippen molar-refractivity contribution in [2.45, 2.75) is 24.9 Å². The van der Waals surface area contributed by atoms with Gasteiger partial charge in [0.15, 0.2) is 0 Å². The number of amides is 2. The van der Waals surface area contributed by atoms with Crippen LogP contribution in [-0.2, 0) is 14.9 Å². The standard InChI is InChI=1S/C17H21N3O3/c1-11(21)19-8-15-9-20(16(22)23-15)14-4-2-12(3-5-14)17-6-13(17)7-18-10-17/h2-5,13,15,18H,6-10H2,1H3,(H,19,21)/t13-,15-,17-/m0/s1. The zero-order chi connectivity index (χ0) is 16.0. The van der Waals surface area contributed by atoms with Crippen LogP contribution in [-0.4, -0.2) is 44.3 Å². The first-order valence-corrected chi connectivity index (χ1v) is 8.12. The first-order valence-electron chi connectivity index (χ1n) is 8.12. The van der Waals surface area contributed by atoms with E-state index in [1.807, 2.05) is 12.1 Å². The molecule has 3 atom stereocenters. The number of nitrogens with one attached hydrogen (secondary N) is 2. The van der Waals surface area contributed by atoms with Crippen LogP contribution in [0.5, 0.6) is 0 Å². The second kappa shape index (κ2) is 5.23. The lowest BCUT2D eigenvalue weighted by molar-refractivity contribution is -0.119. The number of anilines is 1. The molecule has 0 bridgehead atoms. The maximum absolute atomic E-state index is 12.0. The minimum atomic E-state index is -0.349. The molecule has 2 aliphatic heterocycles. The number of hydrogen-bond donors (Lipinski definition) is 2. The van der Waals surface area contributed by atoms with E-state index in [0.717, 1.165) is 24.7 Å². The van der Waals surface area contributed by atoms with Crippen molar-refractivity contribution in [3.63, 3.8) is 0 Å². The van der Waals surface area contributed by atoms with Crippen molar-refractivity contribution in [3.05, 3.63) is 29.8 Å². The highest BCUT2D eigenvalue weighted by Crippen LogP contribution is 2.56. The van der Waals surface area contributed by atoms with Crippen molar-refractivity contribution in [1.29, 1.82) is 0 Å². The van der Waals surface area contributed by atoms with Gasteiger partial charge >= 0.3 is 6.09 Å². The van der Waals surface area contributed by atoms with Crippen LogP contribution in [0, 0.1) is 5.92 Å². The number of cyclic esters (lactones) is 1. The minimum absolute atomic E-state index is 0.118. The molecule has 2 N–H and O–H groups in total. The molecule has 3 aliphatic rings. The highest BCUT2D eigenvalue weighted by Gasteiger charge is 2.57. The molecule has 122 valence electrons. The van der Waals surface area contributed by atoms with Crippen LogP contribution in [0.4, 0.5) is 10.5 Å². The molecule has 1 saturated carbocycles. The Bertz CT molecular complexity index is 645. The quantitative estimate of drug-likeness (QED) is 0.870. The van der Waals surface area contributed by atoms with Crippen LogP contribution >= 0.6 is 0 Å². The average molecular weight is 315 g/mol. The van der Waals surface area contributed by atoms with Crippen molar-refractivity contribution in [2.75, 3.05) is 31.1 Å². The van der Waals surface area contributed by atoms with E-state index in [-0.39, 0.29) is 18.1 Å². The van der Waals surface area contributed by atoms with Crippen molar-refractivity contribution in [2.24, 2.45) is 5.92 Å². The van der Waals surface area contributed by atoms with Crippen LogP contribution < -0.4 is 15.5 Å². The number of fused-ring (bicyclic) bond motifs is 1. The Hall–Kier alpha value is -2.08. The predicted molar refractivity (Wildman–Crippen MR) is 85.4 cm³/mol. The third-order valence-electron chi connectivity index (χ3n) is 5.27. The van der Waals surface area contributed by atoms with E-state index >= 15 is 0 Å². The van der Waals surface area contributed by atoms with Gasteiger partial charge in [-0.2, -0.15) is 0 Å². The molecule has 4 rings (SSSR count). The number of piperidine rings is 1. The van der Waals surface area contributed by atoms with Gasteiger partial charge < -0.3 is 15.4 Å². The summed E-state index contributed by atoms with van der Waals surface area (Å²) in [7, 11) is 0. The number of benzene rings is 1. The molecule has 1 aromatic carbocycles. The van der Waals surface area contributed by atoms with Crippen LogP contribution in [0.3, 0.4) is 0 Å². The first-order chi connectivity index (χ1) is 11.1. The lowest BCUT2D eigenvalue weighted by atomic mass is 9.95. The molecule has 23 heavy (non-hydrogen) atoms. The van der Waals surface area contributed by atoms with Gasteiger partial charge in [0.1, 0.15) is 6.10 Å². The lowest BCUT2D eigenvalue weighted by Crippen LogP contribution is -2.33. The van der Waals surface area contributed by atoms with E-state index in [1.54, 1.807) is 4.90 Å². The van der Waals surface area contributed by atoms with E-state index in [0.29, 0.717) is 18.5 Å². The Morgan fingerprint density at radius 2 is 2.22 bits per heavy atom. The molecule has 0 spiro atoms. The summed E-state index contributed by atoms with van der Waals surface area (Å²) >= 11 is 0. The topological polar surface area (TPSA) is 70.7 Å². The van der Waals surface area contributed by atoms with Crippen molar-refractivity contribution < 1.29 is 14.3 Å². The monoisotopic (exact) mass is 315 g/mol. The minimum Gasteiger partial charge on any atom is -0.442 e. The molecule has 0 aromatic heterocycles. The second-order valence-electron chi connectivity index (χ2n) is 6.79. The number of carbonyl (C=O) groups is 2. The Labute approximate surface area is 135 Å². The molecule has 2 saturated heterocycles. The number of hydrogen-bond acceptors (Lipinski definition) is 4.